The maximum Gasteiger partial charge on any atom is 0.259 e. The van der Waals surface area contributed by atoms with Gasteiger partial charge in [0.2, 0.25) is 5.82 Å². The summed E-state index contributed by atoms with van der Waals surface area (Å²) in [6.07, 6.45) is 3.10. The minimum absolute atomic E-state index is 0.295. The van der Waals surface area contributed by atoms with Gasteiger partial charge in [0.1, 0.15) is 5.82 Å². The van der Waals surface area contributed by atoms with E-state index in [2.05, 4.69) is 15.1 Å². The Kier molecular flexibility index (Phi) is 2.90. The highest BCUT2D eigenvalue weighted by molar-refractivity contribution is 5.63. The minimum Gasteiger partial charge on any atom is -0.397 e. The van der Waals surface area contributed by atoms with Crippen LogP contribution in [0, 0.1) is 12.7 Å². The fourth-order valence-corrected chi connectivity index (χ4v) is 1.86. The molecule has 3 rings (SSSR count). The molecule has 0 aliphatic rings. The molecule has 2 N–H and O–H groups in total. The molecule has 0 spiro atoms. The first-order chi connectivity index (χ1) is 9.63. The number of hydrogen-bond donors (Lipinski definition) is 1. The quantitative estimate of drug-likeness (QED) is 0.774. The number of nitrogens with zero attached hydrogens (tertiary/aromatic N) is 3. The predicted octanol–water partition coefficient (Wildman–Crippen LogP) is 2.83. The fraction of sp³-hybridized carbons (Fsp3) is 0.0714. The van der Waals surface area contributed by atoms with E-state index < -0.39 is 0 Å². The average molecular weight is 270 g/mol. The van der Waals surface area contributed by atoms with Crippen molar-refractivity contribution in [3.8, 4) is 22.8 Å². The van der Waals surface area contributed by atoms with Gasteiger partial charge >= 0.3 is 0 Å². The molecule has 0 aliphatic carbocycles. The van der Waals surface area contributed by atoms with Crippen molar-refractivity contribution in [2.75, 3.05) is 5.73 Å². The molecule has 20 heavy (non-hydrogen) atoms. The molecule has 0 saturated heterocycles. The summed E-state index contributed by atoms with van der Waals surface area (Å²) in [4.78, 5) is 8.22. The van der Waals surface area contributed by atoms with Gasteiger partial charge < -0.3 is 10.3 Å². The third-order valence-electron chi connectivity index (χ3n) is 2.87. The van der Waals surface area contributed by atoms with Crippen molar-refractivity contribution in [1.29, 1.82) is 0 Å². The third-order valence-corrected chi connectivity index (χ3v) is 2.87. The van der Waals surface area contributed by atoms with Gasteiger partial charge in [-0.05, 0) is 30.7 Å². The average Bonchev–Trinajstić information content (AvgIpc) is 2.91. The van der Waals surface area contributed by atoms with E-state index in [1.165, 1.54) is 18.3 Å². The number of aromatic nitrogens is 3. The number of aryl methyl sites for hydroxylation is 1. The van der Waals surface area contributed by atoms with Crippen LogP contribution in [-0.4, -0.2) is 15.1 Å². The minimum atomic E-state index is -0.345. The number of nitrogens with two attached hydrogens (primary N) is 1. The topological polar surface area (TPSA) is 77.8 Å². The molecule has 1 aromatic carbocycles. The lowest BCUT2D eigenvalue weighted by atomic mass is 10.1. The maximum absolute atomic E-state index is 13.3. The van der Waals surface area contributed by atoms with E-state index >= 15 is 0 Å². The highest BCUT2D eigenvalue weighted by Gasteiger charge is 2.13. The molecular formula is C14H11FN4O. The summed E-state index contributed by atoms with van der Waals surface area (Å²) in [5.41, 5.74) is 8.24. The zero-order valence-corrected chi connectivity index (χ0v) is 10.7. The summed E-state index contributed by atoms with van der Waals surface area (Å²) in [5.74, 6) is 0.283. The van der Waals surface area contributed by atoms with E-state index in [0.717, 1.165) is 5.56 Å². The number of anilines is 1. The summed E-state index contributed by atoms with van der Waals surface area (Å²) >= 11 is 0. The van der Waals surface area contributed by atoms with Gasteiger partial charge in [-0.1, -0.05) is 11.2 Å². The van der Waals surface area contributed by atoms with Crippen LogP contribution < -0.4 is 5.73 Å². The first-order valence-corrected chi connectivity index (χ1v) is 5.94. The highest BCUT2D eigenvalue weighted by atomic mass is 19.1. The Morgan fingerprint density at radius 1 is 1.20 bits per heavy atom. The van der Waals surface area contributed by atoms with Crippen molar-refractivity contribution >= 4 is 5.69 Å². The molecule has 0 atom stereocenters. The van der Waals surface area contributed by atoms with Gasteiger partial charge in [-0.15, -0.1) is 0 Å². The van der Waals surface area contributed by atoms with E-state index in [4.69, 9.17) is 10.3 Å². The van der Waals surface area contributed by atoms with Crippen molar-refractivity contribution in [3.05, 3.63) is 48.0 Å². The van der Waals surface area contributed by atoms with Gasteiger partial charge in [0.25, 0.3) is 5.89 Å². The Morgan fingerprint density at radius 3 is 2.85 bits per heavy atom. The monoisotopic (exact) mass is 270 g/mol. The lowest BCUT2D eigenvalue weighted by molar-refractivity contribution is 0.432. The molecular weight excluding hydrogens is 259 g/mol. The largest absolute Gasteiger partial charge is 0.397 e. The number of hydrogen-bond acceptors (Lipinski definition) is 5. The second-order valence-electron chi connectivity index (χ2n) is 4.39. The SMILES string of the molecule is Cc1ccc(F)cc1-c1noc(-c2cncc(N)c2)n1. The van der Waals surface area contributed by atoms with Crippen LogP contribution in [0.2, 0.25) is 0 Å². The van der Waals surface area contributed by atoms with Crippen LogP contribution >= 0.6 is 0 Å². The van der Waals surface area contributed by atoms with Gasteiger partial charge in [0.05, 0.1) is 11.3 Å². The molecule has 0 amide bonds. The Bertz CT molecular complexity index is 769. The lowest BCUT2D eigenvalue weighted by Crippen LogP contribution is -1.89. The molecule has 5 nitrogen and oxygen atoms in total. The summed E-state index contributed by atoms with van der Waals surface area (Å²) < 4.78 is 18.5. The van der Waals surface area contributed by atoms with Crippen LogP contribution in [0.4, 0.5) is 10.1 Å². The first-order valence-electron chi connectivity index (χ1n) is 5.94. The van der Waals surface area contributed by atoms with Crippen molar-refractivity contribution < 1.29 is 8.91 Å². The predicted molar refractivity (Wildman–Crippen MR) is 72.1 cm³/mol. The number of benzene rings is 1. The number of pyridine rings is 1. The molecule has 3 aromatic rings. The summed E-state index contributed by atoms with van der Waals surface area (Å²) in [7, 11) is 0. The lowest BCUT2D eigenvalue weighted by Gasteiger charge is -1.99. The molecule has 0 saturated carbocycles. The van der Waals surface area contributed by atoms with Gasteiger partial charge in [-0.3, -0.25) is 4.98 Å². The smallest absolute Gasteiger partial charge is 0.259 e. The molecule has 2 aromatic heterocycles. The van der Waals surface area contributed by atoms with Gasteiger partial charge in [0, 0.05) is 18.0 Å². The van der Waals surface area contributed by atoms with E-state index in [0.29, 0.717) is 28.5 Å². The molecule has 0 unspecified atom stereocenters. The Balaban J connectivity index is 2.04. The second-order valence-corrected chi connectivity index (χ2v) is 4.39. The standard InChI is InChI=1S/C14H11FN4O/c1-8-2-3-10(15)5-12(8)13-18-14(20-19-13)9-4-11(16)7-17-6-9/h2-7H,16H2,1H3. The third kappa shape index (κ3) is 2.23. The zero-order valence-electron chi connectivity index (χ0n) is 10.7. The van der Waals surface area contributed by atoms with Crippen LogP contribution in [0.3, 0.4) is 0 Å². The van der Waals surface area contributed by atoms with E-state index in [-0.39, 0.29) is 5.82 Å². The Labute approximate surface area is 114 Å². The van der Waals surface area contributed by atoms with Crippen molar-refractivity contribution in [1.82, 2.24) is 15.1 Å². The second kappa shape index (κ2) is 4.73. The van der Waals surface area contributed by atoms with Crippen molar-refractivity contribution in [3.63, 3.8) is 0 Å². The molecule has 0 bridgehead atoms. The fourth-order valence-electron chi connectivity index (χ4n) is 1.86. The Morgan fingerprint density at radius 2 is 2.05 bits per heavy atom. The van der Waals surface area contributed by atoms with Crippen molar-refractivity contribution in [2.45, 2.75) is 6.92 Å². The molecule has 2 heterocycles. The molecule has 6 heteroatoms. The number of rotatable bonds is 2. The highest BCUT2D eigenvalue weighted by Crippen LogP contribution is 2.25. The summed E-state index contributed by atoms with van der Waals surface area (Å²) in [6, 6.07) is 6.12. The van der Waals surface area contributed by atoms with Crippen LogP contribution in [-0.2, 0) is 0 Å². The van der Waals surface area contributed by atoms with Crippen molar-refractivity contribution in [2.24, 2.45) is 0 Å². The summed E-state index contributed by atoms with van der Waals surface area (Å²) in [6.45, 7) is 1.85. The number of halogens is 1. The number of nitrogen functional groups attached to an aromatic ring is 1. The van der Waals surface area contributed by atoms with Gasteiger partial charge in [-0.25, -0.2) is 4.39 Å². The van der Waals surface area contributed by atoms with E-state index in [1.54, 1.807) is 18.3 Å². The van der Waals surface area contributed by atoms with E-state index in [1.807, 2.05) is 6.92 Å². The van der Waals surface area contributed by atoms with E-state index in [9.17, 15) is 4.39 Å². The first kappa shape index (κ1) is 12.3. The maximum atomic E-state index is 13.3. The molecule has 0 radical (unpaired) electrons. The van der Waals surface area contributed by atoms with Crippen LogP contribution in [0.5, 0.6) is 0 Å². The van der Waals surface area contributed by atoms with Gasteiger partial charge in [0.15, 0.2) is 0 Å². The van der Waals surface area contributed by atoms with Crippen LogP contribution in [0.1, 0.15) is 5.56 Å². The zero-order chi connectivity index (χ0) is 14.1. The van der Waals surface area contributed by atoms with Crippen LogP contribution in [0.15, 0.2) is 41.2 Å². The molecule has 100 valence electrons. The summed E-state index contributed by atoms with van der Waals surface area (Å²) in [5, 5.41) is 3.87. The molecule has 0 aliphatic heterocycles. The van der Waals surface area contributed by atoms with Gasteiger partial charge in [-0.2, -0.15) is 4.98 Å². The van der Waals surface area contributed by atoms with Crippen LogP contribution in [0.25, 0.3) is 22.8 Å². The molecule has 0 fully saturated rings. The Hall–Kier alpha value is -2.76. The normalized spacial score (nSPS) is 10.7.